The summed E-state index contributed by atoms with van der Waals surface area (Å²) in [6, 6.07) is 0. The van der Waals surface area contributed by atoms with Crippen molar-refractivity contribution in [2.24, 2.45) is 11.8 Å². The lowest BCUT2D eigenvalue weighted by atomic mass is 9.95. The van der Waals surface area contributed by atoms with Crippen molar-refractivity contribution in [2.75, 3.05) is 7.11 Å². The number of aliphatic hydroxyl groups excluding tert-OH is 1. The standard InChI is InChI=1S/C8H14O2/c1-10-8-4-5-2-6(8)7(9)3-5/h5-9H,2-4H2,1H3/t5-,6+,7-,8-/m0/s1. The molecule has 0 saturated heterocycles. The summed E-state index contributed by atoms with van der Waals surface area (Å²) >= 11 is 0. The fourth-order valence-electron chi connectivity index (χ4n) is 2.52. The summed E-state index contributed by atoms with van der Waals surface area (Å²) in [6.45, 7) is 0. The van der Waals surface area contributed by atoms with Crippen LogP contribution in [0.15, 0.2) is 0 Å². The number of aliphatic hydroxyl groups is 1. The molecule has 58 valence electrons. The molecular formula is C8H14O2. The van der Waals surface area contributed by atoms with Crippen LogP contribution in [0.1, 0.15) is 19.3 Å². The van der Waals surface area contributed by atoms with Gasteiger partial charge in [0.05, 0.1) is 12.2 Å². The molecule has 0 unspecified atom stereocenters. The summed E-state index contributed by atoms with van der Waals surface area (Å²) in [4.78, 5) is 0. The lowest BCUT2D eigenvalue weighted by Gasteiger charge is -2.24. The Morgan fingerprint density at radius 2 is 2.10 bits per heavy atom. The Hall–Kier alpha value is -0.0800. The lowest BCUT2D eigenvalue weighted by Crippen LogP contribution is -2.29. The summed E-state index contributed by atoms with van der Waals surface area (Å²) in [6.07, 6.45) is 3.68. The minimum absolute atomic E-state index is 0.0660. The molecule has 2 bridgehead atoms. The summed E-state index contributed by atoms with van der Waals surface area (Å²) in [5.41, 5.74) is 0. The molecule has 0 aliphatic heterocycles. The first-order valence-corrected chi connectivity index (χ1v) is 4.02. The number of rotatable bonds is 1. The van der Waals surface area contributed by atoms with Gasteiger partial charge < -0.3 is 9.84 Å². The molecule has 4 atom stereocenters. The summed E-state index contributed by atoms with van der Waals surface area (Å²) in [5.74, 6) is 1.21. The summed E-state index contributed by atoms with van der Waals surface area (Å²) in [7, 11) is 1.75. The van der Waals surface area contributed by atoms with Crippen LogP contribution in [-0.2, 0) is 4.74 Å². The van der Waals surface area contributed by atoms with Crippen molar-refractivity contribution < 1.29 is 9.84 Å². The van der Waals surface area contributed by atoms with Gasteiger partial charge >= 0.3 is 0 Å². The molecule has 0 amide bonds. The SMILES string of the molecule is CO[C@H]1C[C@H]2C[C@@H]1[C@@H](O)C2. The molecule has 2 aliphatic rings. The highest BCUT2D eigenvalue weighted by atomic mass is 16.5. The monoisotopic (exact) mass is 142 g/mol. The molecule has 2 saturated carbocycles. The number of methoxy groups -OCH3 is 1. The molecule has 10 heavy (non-hydrogen) atoms. The maximum absolute atomic E-state index is 9.44. The van der Waals surface area contributed by atoms with Gasteiger partial charge in [-0.2, -0.15) is 0 Å². The Morgan fingerprint density at radius 1 is 1.30 bits per heavy atom. The lowest BCUT2D eigenvalue weighted by molar-refractivity contribution is -0.00708. The van der Waals surface area contributed by atoms with Crippen LogP contribution >= 0.6 is 0 Å². The van der Waals surface area contributed by atoms with Gasteiger partial charge in [-0.3, -0.25) is 0 Å². The Morgan fingerprint density at radius 3 is 2.50 bits per heavy atom. The van der Waals surface area contributed by atoms with Crippen molar-refractivity contribution in [2.45, 2.75) is 31.5 Å². The molecule has 0 radical (unpaired) electrons. The number of ether oxygens (including phenoxy) is 1. The van der Waals surface area contributed by atoms with E-state index in [9.17, 15) is 5.11 Å². The van der Waals surface area contributed by atoms with E-state index in [0.717, 1.165) is 12.3 Å². The van der Waals surface area contributed by atoms with Crippen LogP contribution in [0.25, 0.3) is 0 Å². The highest BCUT2D eigenvalue weighted by Gasteiger charge is 2.45. The van der Waals surface area contributed by atoms with Gasteiger partial charge in [-0.25, -0.2) is 0 Å². The fraction of sp³-hybridized carbons (Fsp3) is 1.00. The van der Waals surface area contributed by atoms with Crippen molar-refractivity contribution >= 4 is 0 Å². The van der Waals surface area contributed by atoms with E-state index in [2.05, 4.69) is 0 Å². The zero-order valence-electron chi connectivity index (χ0n) is 6.29. The number of hydrogen-bond acceptors (Lipinski definition) is 2. The van der Waals surface area contributed by atoms with E-state index < -0.39 is 0 Å². The summed E-state index contributed by atoms with van der Waals surface area (Å²) < 4.78 is 5.26. The van der Waals surface area contributed by atoms with Gasteiger partial charge in [0.25, 0.3) is 0 Å². The van der Waals surface area contributed by atoms with Crippen molar-refractivity contribution in [3.05, 3.63) is 0 Å². The van der Waals surface area contributed by atoms with E-state index in [1.165, 1.54) is 12.8 Å². The zero-order chi connectivity index (χ0) is 7.14. The molecule has 2 nitrogen and oxygen atoms in total. The van der Waals surface area contributed by atoms with E-state index in [1.807, 2.05) is 0 Å². The molecular weight excluding hydrogens is 128 g/mol. The largest absolute Gasteiger partial charge is 0.393 e. The van der Waals surface area contributed by atoms with Gasteiger partial charge in [-0.1, -0.05) is 0 Å². The van der Waals surface area contributed by atoms with E-state index >= 15 is 0 Å². The Bertz CT molecular complexity index is 133. The maximum atomic E-state index is 9.44. The topological polar surface area (TPSA) is 29.5 Å². The van der Waals surface area contributed by atoms with Gasteiger partial charge in [-0.05, 0) is 25.2 Å². The smallest absolute Gasteiger partial charge is 0.0626 e. The Kier molecular flexibility index (Phi) is 1.46. The summed E-state index contributed by atoms with van der Waals surface area (Å²) in [5, 5.41) is 9.44. The van der Waals surface area contributed by atoms with Crippen molar-refractivity contribution in [1.82, 2.24) is 0 Å². The average molecular weight is 142 g/mol. The van der Waals surface area contributed by atoms with Gasteiger partial charge in [0.1, 0.15) is 0 Å². The van der Waals surface area contributed by atoms with Crippen molar-refractivity contribution in [3.8, 4) is 0 Å². The van der Waals surface area contributed by atoms with Crippen LogP contribution in [0.3, 0.4) is 0 Å². The van der Waals surface area contributed by atoms with E-state index in [4.69, 9.17) is 4.74 Å². The molecule has 0 aromatic heterocycles. The molecule has 1 N–H and O–H groups in total. The highest BCUT2D eigenvalue weighted by molar-refractivity contribution is 4.96. The first-order chi connectivity index (χ1) is 4.81. The van der Waals surface area contributed by atoms with Crippen LogP contribution < -0.4 is 0 Å². The third-order valence-electron chi connectivity index (χ3n) is 3.02. The van der Waals surface area contributed by atoms with Gasteiger partial charge in [0, 0.05) is 13.0 Å². The number of fused-ring (bicyclic) bond motifs is 2. The molecule has 2 rings (SSSR count). The third kappa shape index (κ3) is 0.789. The van der Waals surface area contributed by atoms with Gasteiger partial charge in [0.15, 0.2) is 0 Å². The predicted molar refractivity (Wildman–Crippen MR) is 37.6 cm³/mol. The zero-order valence-corrected chi connectivity index (χ0v) is 6.29. The van der Waals surface area contributed by atoms with Crippen LogP contribution in [0.5, 0.6) is 0 Å². The maximum Gasteiger partial charge on any atom is 0.0626 e. The van der Waals surface area contributed by atoms with Gasteiger partial charge in [0.2, 0.25) is 0 Å². The normalized spacial score (nSPS) is 52.2. The van der Waals surface area contributed by atoms with Gasteiger partial charge in [-0.15, -0.1) is 0 Å². The second-order valence-electron chi connectivity index (χ2n) is 3.58. The minimum atomic E-state index is -0.0660. The molecule has 0 aromatic rings. The second kappa shape index (κ2) is 2.21. The molecule has 0 aromatic carbocycles. The molecule has 2 fully saturated rings. The van der Waals surface area contributed by atoms with Crippen molar-refractivity contribution in [1.29, 1.82) is 0 Å². The van der Waals surface area contributed by atoms with E-state index in [1.54, 1.807) is 7.11 Å². The first kappa shape index (κ1) is 6.62. The van der Waals surface area contributed by atoms with Crippen LogP contribution in [0.4, 0.5) is 0 Å². The quantitative estimate of drug-likeness (QED) is 0.586. The third-order valence-corrected chi connectivity index (χ3v) is 3.02. The van der Waals surface area contributed by atoms with Crippen LogP contribution in [0.2, 0.25) is 0 Å². The molecule has 0 spiro atoms. The molecule has 2 aliphatic carbocycles. The second-order valence-corrected chi connectivity index (χ2v) is 3.58. The average Bonchev–Trinajstić information content (AvgIpc) is 2.44. The van der Waals surface area contributed by atoms with E-state index in [0.29, 0.717) is 12.0 Å². The molecule has 0 heterocycles. The first-order valence-electron chi connectivity index (χ1n) is 4.02. The Labute approximate surface area is 61.2 Å². The fourth-order valence-corrected chi connectivity index (χ4v) is 2.52. The Balaban J connectivity index is 2.06. The van der Waals surface area contributed by atoms with E-state index in [-0.39, 0.29) is 6.10 Å². The minimum Gasteiger partial charge on any atom is -0.393 e. The number of hydrogen-bond donors (Lipinski definition) is 1. The predicted octanol–water partition coefficient (Wildman–Crippen LogP) is 0.792. The highest BCUT2D eigenvalue weighted by Crippen LogP contribution is 2.45. The van der Waals surface area contributed by atoms with Crippen LogP contribution in [0, 0.1) is 11.8 Å². The van der Waals surface area contributed by atoms with Crippen LogP contribution in [-0.4, -0.2) is 24.4 Å². The molecule has 2 heteroatoms. The van der Waals surface area contributed by atoms with Crippen molar-refractivity contribution in [3.63, 3.8) is 0 Å².